The highest BCUT2D eigenvalue weighted by Crippen LogP contribution is 2.49. The van der Waals surface area contributed by atoms with E-state index in [1.54, 1.807) is 22.7 Å². The minimum absolute atomic E-state index is 0.126. The normalized spacial score (nSPS) is 14.6. The first-order valence-corrected chi connectivity index (χ1v) is 19.3. The van der Waals surface area contributed by atoms with E-state index >= 15 is 0 Å². The fourth-order valence-electron chi connectivity index (χ4n) is 6.30. The van der Waals surface area contributed by atoms with Gasteiger partial charge < -0.3 is 9.80 Å². The Morgan fingerprint density at radius 1 is 0.521 bits per heavy atom. The van der Waals surface area contributed by atoms with Crippen molar-refractivity contribution in [3.63, 3.8) is 0 Å². The highest BCUT2D eigenvalue weighted by molar-refractivity contribution is 7.22. The van der Waals surface area contributed by atoms with Gasteiger partial charge in [0.05, 0.1) is 42.0 Å². The Hall–Kier alpha value is -4.48. The summed E-state index contributed by atoms with van der Waals surface area (Å²) in [6, 6.07) is 28.8. The molecule has 238 valence electrons. The monoisotopic (exact) mass is 702 g/mol. The van der Waals surface area contributed by atoms with E-state index < -0.39 is 0 Å². The summed E-state index contributed by atoms with van der Waals surface area (Å²) >= 11 is 6.34. The lowest BCUT2D eigenvalue weighted by atomic mass is 10.1. The fourth-order valence-corrected chi connectivity index (χ4v) is 9.86. The van der Waals surface area contributed by atoms with Crippen LogP contribution in [0.4, 0.5) is 0 Å². The predicted molar refractivity (Wildman–Crippen MR) is 198 cm³/mol. The third-order valence-electron chi connectivity index (χ3n) is 8.50. The molecule has 0 radical (unpaired) electrons. The van der Waals surface area contributed by atoms with Crippen LogP contribution in [0.3, 0.4) is 0 Å². The number of thiazole rings is 2. The van der Waals surface area contributed by atoms with Crippen molar-refractivity contribution in [3.05, 3.63) is 140 Å². The van der Waals surface area contributed by atoms with E-state index in [9.17, 15) is 9.59 Å². The zero-order valence-corrected chi connectivity index (χ0v) is 29.1. The van der Waals surface area contributed by atoms with Crippen molar-refractivity contribution in [2.75, 3.05) is 13.1 Å². The Bertz CT molecular complexity index is 1970. The molecule has 2 amide bonds. The van der Waals surface area contributed by atoms with Crippen molar-refractivity contribution >= 4 is 68.6 Å². The van der Waals surface area contributed by atoms with Crippen LogP contribution in [0, 0.1) is 0 Å². The van der Waals surface area contributed by atoms with Crippen LogP contribution >= 0.6 is 45.3 Å². The number of hydrogen-bond acceptors (Lipinski definition) is 8. The summed E-state index contributed by atoms with van der Waals surface area (Å²) in [6.07, 6.45) is 6.86. The number of nitrogens with zero attached hydrogens (tertiary/aromatic N) is 4. The zero-order valence-electron chi connectivity index (χ0n) is 25.9. The SMILES string of the molecule is O=C1C2=C(c3cnc(-c4cccs4)s3)N(CCCc3ccccc3)C(=O)C2=C(c2cnc(-c3cccs3)s2)N1CCCc1ccccc1. The van der Waals surface area contributed by atoms with Crippen LogP contribution in [0.25, 0.3) is 31.2 Å². The standard InChI is InChI=1S/C38H30N4O2S4/c43-37-32-31(33(29-23-39-35(47-29)27-17-9-21-45-27)41(37)19-7-15-25-11-3-1-4-12-25)38(44)42(20-8-16-26-13-5-2-6-14-26)34(32)30-24-40-36(48-30)28-18-10-22-46-28/h1-6,9-14,17-18,21-24H,7-8,15-16,19-20H2. The van der Waals surface area contributed by atoms with Gasteiger partial charge in [0.1, 0.15) is 10.0 Å². The van der Waals surface area contributed by atoms with Crippen molar-refractivity contribution in [2.24, 2.45) is 0 Å². The van der Waals surface area contributed by atoms with Crippen LogP contribution in [0.2, 0.25) is 0 Å². The average molecular weight is 703 g/mol. The summed E-state index contributed by atoms with van der Waals surface area (Å²) in [6.45, 7) is 1.000. The highest BCUT2D eigenvalue weighted by atomic mass is 32.1. The van der Waals surface area contributed by atoms with Crippen molar-refractivity contribution in [1.82, 2.24) is 19.8 Å². The minimum atomic E-state index is -0.126. The molecule has 2 aromatic carbocycles. The van der Waals surface area contributed by atoms with E-state index in [4.69, 9.17) is 9.97 Å². The predicted octanol–water partition coefficient (Wildman–Crippen LogP) is 9.13. The van der Waals surface area contributed by atoms with Crippen LogP contribution in [-0.4, -0.2) is 44.7 Å². The lowest BCUT2D eigenvalue weighted by molar-refractivity contribution is -0.124. The topological polar surface area (TPSA) is 66.4 Å². The summed E-state index contributed by atoms with van der Waals surface area (Å²) in [7, 11) is 0. The molecule has 0 bridgehead atoms. The fraction of sp³-hybridized carbons (Fsp3) is 0.158. The first-order valence-electron chi connectivity index (χ1n) is 15.9. The van der Waals surface area contributed by atoms with Gasteiger partial charge in [-0.1, -0.05) is 72.8 Å². The van der Waals surface area contributed by atoms with E-state index in [0.29, 0.717) is 35.6 Å². The number of rotatable bonds is 12. The number of thiophene rings is 2. The first-order chi connectivity index (χ1) is 23.7. The maximum atomic E-state index is 14.7. The minimum Gasteiger partial charge on any atom is -0.306 e. The Kier molecular flexibility index (Phi) is 8.71. The van der Waals surface area contributed by atoms with Gasteiger partial charge in [-0.25, -0.2) is 9.97 Å². The average Bonchev–Trinajstić information content (AvgIpc) is 3.96. The summed E-state index contributed by atoms with van der Waals surface area (Å²) in [5, 5.41) is 5.84. The molecule has 2 aliphatic rings. The molecule has 6 aromatic rings. The summed E-state index contributed by atoms with van der Waals surface area (Å²) < 4.78 is 0. The third kappa shape index (κ3) is 5.90. The maximum Gasteiger partial charge on any atom is 0.261 e. The Labute approximate surface area is 295 Å². The van der Waals surface area contributed by atoms with Gasteiger partial charge in [0.15, 0.2) is 0 Å². The molecular formula is C38H30N4O2S4. The molecule has 6 heterocycles. The van der Waals surface area contributed by atoms with Gasteiger partial charge >= 0.3 is 0 Å². The molecule has 0 fully saturated rings. The highest BCUT2D eigenvalue weighted by Gasteiger charge is 2.49. The maximum absolute atomic E-state index is 14.7. The summed E-state index contributed by atoms with van der Waals surface area (Å²) in [4.78, 5) is 46.3. The van der Waals surface area contributed by atoms with Gasteiger partial charge in [-0.15, -0.1) is 45.3 Å². The lowest BCUT2D eigenvalue weighted by Gasteiger charge is -2.24. The molecule has 6 nitrogen and oxygen atoms in total. The van der Waals surface area contributed by atoms with E-state index in [-0.39, 0.29) is 11.8 Å². The van der Waals surface area contributed by atoms with Gasteiger partial charge in [0.25, 0.3) is 11.8 Å². The Balaban J connectivity index is 1.21. The number of aromatic nitrogens is 2. The van der Waals surface area contributed by atoms with E-state index in [0.717, 1.165) is 55.2 Å². The second-order valence-corrected chi connectivity index (χ2v) is 15.5. The van der Waals surface area contributed by atoms with Gasteiger partial charge in [-0.05, 0) is 59.7 Å². The molecule has 0 saturated carbocycles. The number of carbonyl (C=O) groups is 2. The molecular weight excluding hydrogens is 673 g/mol. The quantitative estimate of drug-likeness (QED) is 0.128. The number of carbonyl (C=O) groups excluding carboxylic acids is 2. The summed E-state index contributed by atoms with van der Waals surface area (Å²) in [5.41, 5.74) is 4.79. The second-order valence-electron chi connectivity index (χ2n) is 11.6. The van der Waals surface area contributed by atoms with Crippen molar-refractivity contribution in [3.8, 4) is 19.8 Å². The van der Waals surface area contributed by atoms with Gasteiger partial charge in [0, 0.05) is 25.5 Å². The van der Waals surface area contributed by atoms with Crippen LogP contribution < -0.4 is 0 Å². The molecule has 0 N–H and O–H groups in total. The van der Waals surface area contributed by atoms with Crippen LogP contribution in [0.5, 0.6) is 0 Å². The number of hydrogen-bond donors (Lipinski definition) is 0. The van der Waals surface area contributed by atoms with Crippen LogP contribution in [-0.2, 0) is 22.4 Å². The van der Waals surface area contributed by atoms with E-state index in [1.165, 1.54) is 33.8 Å². The van der Waals surface area contributed by atoms with E-state index in [2.05, 4.69) is 36.4 Å². The Morgan fingerprint density at radius 3 is 1.35 bits per heavy atom. The summed E-state index contributed by atoms with van der Waals surface area (Å²) in [5.74, 6) is -0.252. The first kappa shape index (κ1) is 30.8. The largest absolute Gasteiger partial charge is 0.306 e. The van der Waals surface area contributed by atoms with Crippen molar-refractivity contribution in [2.45, 2.75) is 25.7 Å². The number of benzene rings is 2. The number of aryl methyl sites for hydroxylation is 2. The van der Waals surface area contributed by atoms with Gasteiger partial charge in [0.2, 0.25) is 0 Å². The molecule has 0 saturated heterocycles. The Morgan fingerprint density at radius 2 is 0.958 bits per heavy atom. The molecule has 0 aliphatic carbocycles. The van der Waals surface area contributed by atoms with Crippen LogP contribution in [0.1, 0.15) is 33.7 Å². The smallest absolute Gasteiger partial charge is 0.261 e. The lowest BCUT2D eigenvalue weighted by Crippen LogP contribution is -2.31. The molecule has 10 heteroatoms. The molecule has 0 spiro atoms. The number of fused-ring (bicyclic) bond motifs is 1. The zero-order chi connectivity index (χ0) is 32.5. The second kappa shape index (κ2) is 13.6. The molecule has 4 aromatic heterocycles. The van der Waals surface area contributed by atoms with Gasteiger partial charge in [-0.2, -0.15) is 0 Å². The van der Waals surface area contributed by atoms with Crippen molar-refractivity contribution < 1.29 is 9.59 Å². The van der Waals surface area contributed by atoms with Crippen LogP contribution in [0.15, 0.2) is 119 Å². The molecule has 8 rings (SSSR count). The molecule has 2 aliphatic heterocycles. The van der Waals surface area contributed by atoms with Crippen molar-refractivity contribution in [1.29, 1.82) is 0 Å². The number of amides is 2. The molecule has 0 atom stereocenters. The molecule has 0 unspecified atom stereocenters. The van der Waals surface area contributed by atoms with Gasteiger partial charge in [-0.3, -0.25) is 9.59 Å². The third-order valence-corrected chi connectivity index (χ3v) is 12.6. The van der Waals surface area contributed by atoms with E-state index in [1.807, 2.05) is 81.5 Å². The molecule has 48 heavy (non-hydrogen) atoms.